The number of nitrogens with zero attached hydrogens (tertiary/aromatic N) is 2. The fourth-order valence-corrected chi connectivity index (χ4v) is 4.89. The molecule has 2 bridgehead atoms. The van der Waals surface area contributed by atoms with E-state index in [0.717, 1.165) is 25.1 Å². The third-order valence-electron chi connectivity index (χ3n) is 5.99. The number of aromatic nitrogens is 1. The highest BCUT2D eigenvalue weighted by Crippen LogP contribution is 2.34. The first kappa shape index (κ1) is 19.2. The molecule has 0 radical (unpaired) electrons. The second-order valence-electron chi connectivity index (χ2n) is 7.65. The second kappa shape index (κ2) is 8.93. The molecule has 4 nitrogen and oxygen atoms in total. The van der Waals surface area contributed by atoms with Crippen molar-refractivity contribution in [2.75, 3.05) is 19.3 Å². The van der Waals surface area contributed by atoms with Crippen molar-refractivity contribution in [3.8, 4) is 0 Å². The lowest BCUT2D eigenvalue weighted by molar-refractivity contribution is -0.119. The highest BCUT2D eigenvalue weighted by atomic mass is 32.2. The molecule has 1 amide bonds. The number of hydrogen-bond donors (Lipinski definition) is 1. The summed E-state index contributed by atoms with van der Waals surface area (Å²) in [7, 11) is 0. The monoisotopic (exact) mass is 393 g/mol. The Bertz CT molecular complexity index is 814. The van der Waals surface area contributed by atoms with Crippen LogP contribution in [0.3, 0.4) is 0 Å². The van der Waals surface area contributed by atoms with Crippen LogP contribution in [0.5, 0.6) is 0 Å². The summed E-state index contributed by atoms with van der Waals surface area (Å²) < 4.78 is 0. The van der Waals surface area contributed by atoms with Gasteiger partial charge in [0.1, 0.15) is 0 Å². The Balaban J connectivity index is 1.43. The number of benzene rings is 1. The number of amides is 1. The molecular weight excluding hydrogens is 366 g/mol. The first-order valence-electron chi connectivity index (χ1n) is 9.98. The van der Waals surface area contributed by atoms with Gasteiger partial charge in [-0.1, -0.05) is 18.2 Å². The van der Waals surface area contributed by atoms with Gasteiger partial charge in [0, 0.05) is 35.4 Å². The Labute approximate surface area is 171 Å². The van der Waals surface area contributed by atoms with Crippen molar-refractivity contribution >= 4 is 23.7 Å². The average molecular weight is 394 g/mol. The van der Waals surface area contributed by atoms with Gasteiger partial charge in [0.2, 0.25) is 5.91 Å². The van der Waals surface area contributed by atoms with Gasteiger partial charge in [-0.15, -0.1) is 11.8 Å². The van der Waals surface area contributed by atoms with E-state index in [4.69, 9.17) is 0 Å². The van der Waals surface area contributed by atoms with E-state index in [1.165, 1.54) is 23.3 Å². The minimum absolute atomic E-state index is 0.00359. The first-order valence-corrected chi connectivity index (χ1v) is 11.2. The van der Waals surface area contributed by atoms with E-state index in [1.54, 1.807) is 17.8 Å². The van der Waals surface area contributed by atoms with Crippen LogP contribution in [0, 0.1) is 5.92 Å². The van der Waals surface area contributed by atoms with Crippen LogP contribution >= 0.6 is 11.8 Å². The standard InChI is InChI=1S/C23H27N3OS/c1-28-20-7-4-17(5-8-20)6-9-22(27)25-23-19-10-13-26(14-11-19)21(23)15-18-3-2-12-24-16-18/h2-9,12,16,19,21,23H,10-11,13-15H2,1H3,(H,25,27)/b9-6+. The average Bonchev–Trinajstić information content (AvgIpc) is 2.76. The van der Waals surface area contributed by atoms with Crippen molar-refractivity contribution in [3.05, 3.63) is 66.0 Å². The maximum absolute atomic E-state index is 12.6. The maximum Gasteiger partial charge on any atom is 0.244 e. The van der Waals surface area contributed by atoms with Crippen molar-refractivity contribution in [2.24, 2.45) is 5.92 Å². The minimum Gasteiger partial charge on any atom is -0.348 e. The van der Waals surface area contributed by atoms with Gasteiger partial charge in [0.15, 0.2) is 0 Å². The normalized spacial score (nSPS) is 26.5. The van der Waals surface area contributed by atoms with Gasteiger partial charge in [-0.25, -0.2) is 0 Å². The maximum atomic E-state index is 12.6. The molecule has 3 fully saturated rings. The Morgan fingerprint density at radius 1 is 1.25 bits per heavy atom. The number of nitrogens with one attached hydrogen (secondary N) is 1. The molecule has 2 unspecified atom stereocenters. The summed E-state index contributed by atoms with van der Waals surface area (Å²) in [5, 5.41) is 3.32. The smallest absolute Gasteiger partial charge is 0.244 e. The largest absolute Gasteiger partial charge is 0.348 e. The van der Waals surface area contributed by atoms with Gasteiger partial charge in [0.05, 0.1) is 0 Å². The zero-order valence-corrected chi connectivity index (χ0v) is 17.1. The lowest BCUT2D eigenvalue weighted by atomic mass is 9.77. The molecule has 146 valence electrons. The van der Waals surface area contributed by atoms with Crippen LogP contribution in [0.2, 0.25) is 0 Å². The van der Waals surface area contributed by atoms with Crippen LogP contribution in [0.4, 0.5) is 0 Å². The molecule has 3 aliphatic heterocycles. The summed E-state index contributed by atoms with van der Waals surface area (Å²) in [5.74, 6) is 0.578. The predicted molar refractivity (Wildman–Crippen MR) is 115 cm³/mol. The predicted octanol–water partition coefficient (Wildman–Crippen LogP) is 3.64. The molecule has 28 heavy (non-hydrogen) atoms. The first-order chi connectivity index (χ1) is 13.7. The molecule has 1 aromatic heterocycles. The molecule has 0 aliphatic carbocycles. The summed E-state index contributed by atoms with van der Waals surface area (Å²) in [6.45, 7) is 2.28. The van der Waals surface area contributed by atoms with Gasteiger partial charge < -0.3 is 5.32 Å². The van der Waals surface area contributed by atoms with Gasteiger partial charge in [-0.05, 0) is 79.9 Å². The van der Waals surface area contributed by atoms with Crippen LogP contribution < -0.4 is 5.32 Å². The molecule has 4 heterocycles. The van der Waals surface area contributed by atoms with E-state index < -0.39 is 0 Å². The fraction of sp³-hybridized carbons (Fsp3) is 0.391. The number of pyridine rings is 1. The molecule has 2 atom stereocenters. The zero-order chi connectivity index (χ0) is 19.3. The molecule has 2 aromatic rings. The number of fused-ring (bicyclic) bond motifs is 3. The third-order valence-corrected chi connectivity index (χ3v) is 6.73. The summed E-state index contributed by atoms with van der Waals surface area (Å²) in [4.78, 5) is 20.7. The van der Waals surface area contributed by atoms with Gasteiger partial charge in [-0.3, -0.25) is 14.7 Å². The van der Waals surface area contributed by atoms with E-state index in [9.17, 15) is 4.79 Å². The molecule has 5 rings (SSSR count). The minimum atomic E-state index is 0.00359. The molecule has 1 aromatic carbocycles. The zero-order valence-electron chi connectivity index (χ0n) is 16.3. The van der Waals surface area contributed by atoms with E-state index in [0.29, 0.717) is 12.0 Å². The summed E-state index contributed by atoms with van der Waals surface area (Å²) in [6.07, 6.45) is 12.7. The number of carbonyl (C=O) groups excluding carboxylic acids is 1. The van der Waals surface area contributed by atoms with Crippen molar-refractivity contribution < 1.29 is 4.79 Å². The number of piperidine rings is 3. The summed E-state index contributed by atoms with van der Waals surface area (Å²) in [5.41, 5.74) is 2.29. The van der Waals surface area contributed by atoms with E-state index >= 15 is 0 Å². The van der Waals surface area contributed by atoms with Gasteiger partial charge >= 0.3 is 0 Å². The van der Waals surface area contributed by atoms with Gasteiger partial charge in [-0.2, -0.15) is 0 Å². The lowest BCUT2D eigenvalue weighted by Crippen LogP contribution is -2.64. The lowest BCUT2D eigenvalue weighted by Gasteiger charge is -2.51. The van der Waals surface area contributed by atoms with Crippen LogP contribution in [-0.4, -0.2) is 47.2 Å². The van der Waals surface area contributed by atoms with E-state index in [1.807, 2.05) is 24.5 Å². The molecule has 3 saturated heterocycles. The Morgan fingerprint density at radius 3 is 2.71 bits per heavy atom. The summed E-state index contributed by atoms with van der Waals surface area (Å²) >= 11 is 1.72. The van der Waals surface area contributed by atoms with Crippen molar-refractivity contribution in [1.82, 2.24) is 15.2 Å². The number of carbonyl (C=O) groups is 1. The number of rotatable bonds is 6. The highest BCUT2D eigenvalue weighted by Gasteiger charge is 2.42. The van der Waals surface area contributed by atoms with Crippen LogP contribution in [0.15, 0.2) is 59.8 Å². The van der Waals surface area contributed by atoms with Crippen LogP contribution in [0.25, 0.3) is 6.08 Å². The molecule has 1 N–H and O–H groups in total. The molecule has 3 aliphatic rings. The second-order valence-corrected chi connectivity index (χ2v) is 8.53. The third kappa shape index (κ3) is 4.47. The van der Waals surface area contributed by atoms with Crippen molar-refractivity contribution in [1.29, 1.82) is 0 Å². The topological polar surface area (TPSA) is 45.2 Å². The summed E-state index contributed by atoms with van der Waals surface area (Å²) in [6, 6.07) is 13.0. The Morgan fingerprint density at radius 2 is 2.04 bits per heavy atom. The Kier molecular flexibility index (Phi) is 6.13. The molecule has 0 spiro atoms. The van der Waals surface area contributed by atoms with Gasteiger partial charge in [0.25, 0.3) is 0 Å². The molecule has 0 saturated carbocycles. The molecular formula is C23H27N3OS. The van der Waals surface area contributed by atoms with Crippen molar-refractivity contribution in [2.45, 2.75) is 36.2 Å². The quantitative estimate of drug-likeness (QED) is 0.601. The SMILES string of the molecule is CSc1ccc(/C=C/C(=O)NC2C3CCN(CC3)C2Cc2cccnc2)cc1. The highest BCUT2D eigenvalue weighted by molar-refractivity contribution is 7.98. The van der Waals surface area contributed by atoms with Crippen molar-refractivity contribution in [3.63, 3.8) is 0 Å². The van der Waals surface area contributed by atoms with Crippen LogP contribution in [0.1, 0.15) is 24.0 Å². The molecule has 5 heteroatoms. The fourth-order valence-electron chi connectivity index (χ4n) is 4.48. The van der Waals surface area contributed by atoms with E-state index in [-0.39, 0.29) is 11.9 Å². The number of hydrogen-bond acceptors (Lipinski definition) is 4. The Hall–Kier alpha value is -2.11. The number of thioether (sulfide) groups is 1. The van der Waals surface area contributed by atoms with E-state index in [2.05, 4.69) is 51.8 Å². The van der Waals surface area contributed by atoms with Crippen LogP contribution in [-0.2, 0) is 11.2 Å².